The molecular weight excluding hydrogens is 500 g/mol. The number of carbonyl (C=O) groups is 6. The Morgan fingerprint density at radius 2 is 0.947 bits per heavy atom. The molecule has 2 N–H and O–H groups in total. The molecule has 0 unspecified atom stereocenters. The second-order valence-corrected chi connectivity index (χ2v) is 10.2. The lowest BCUT2D eigenvalue weighted by Crippen LogP contribution is -2.44. The van der Waals surface area contributed by atoms with E-state index >= 15 is 0 Å². The summed E-state index contributed by atoms with van der Waals surface area (Å²) in [5.41, 5.74) is -1.56. The van der Waals surface area contributed by atoms with E-state index in [4.69, 9.17) is 18.9 Å². The molecule has 0 aliphatic heterocycles. The van der Waals surface area contributed by atoms with Gasteiger partial charge in [0.2, 0.25) is 0 Å². The number of alkyl carbamates (subject to hydrolysis) is 2. The van der Waals surface area contributed by atoms with E-state index in [1.165, 1.54) is 0 Å². The number of allylic oxidation sites excluding steroid dienone is 2. The first-order valence-corrected chi connectivity index (χ1v) is 12.5. The number of rotatable bonds is 14. The third-order valence-corrected chi connectivity index (χ3v) is 4.34. The lowest BCUT2D eigenvalue weighted by molar-refractivity contribution is -0.146. The monoisotopic (exact) mass is 542 g/mol. The summed E-state index contributed by atoms with van der Waals surface area (Å²) in [6.45, 7) is 13.4. The van der Waals surface area contributed by atoms with Crippen LogP contribution in [0, 0.1) is 0 Å². The minimum absolute atomic E-state index is 0.0693. The van der Waals surface area contributed by atoms with Crippen LogP contribution in [0.15, 0.2) is 12.2 Å². The summed E-state index contributed by atoms with van der Waals surface area (Å²) in [7, 11) is 0. The zero-order chi connectivity index (χ0) is 29.5. The first-order chi connectivity index (χ1) is 17.5. The van der Waals surface area contributed by atoms with Crippen LogP contribution in [-0.4, -0.2) is 72.2 Å². The van der Waals surface area contributed by atoms with Crippen molar-refractivity contribution in [3.8, 4) is 0 Å². The van der Waals surface area contributed by atoms with Gasteiger partial charge in [-0.1, -0.05) is 0 Å². The molecule has 0 fully saturated rings. The first-order valence-electron chi connectivity index (χ1n) is 12.5. The Hall–Kier alpha value is -3.44. The molecule has 0 aromatic rings. The molecule has 38 heavy (non-hydrogen) atoms. The van der Waals surface area contributed by atoms with Crippen molar-refractivity contribution in [3.05, 3.63) is 12.2 Å². The quantitative estimate of drug-likeness (QED) is 0.189. The van der Waals surface area contributed by atoms with Gasteiger partial charge in [0.1, 0.15) is 23.3 Å². The summed E-state index contributed by atoms with van der Waals surface area (Å²) in [6, 6.07) is -2.22. The molecule has 0 radical (unpaired) electrons. The smallest absolute Gasteiger partial charge is 0.408 e. The summed E-state index contributed by atoms with van der Waals surface area (Å²) in [6.07, 6.45) is -0.00373. The molecule has 0 aliphatic rings. The predicted octanol–water partition coefficient (Wildman–Crippen LogP) is 3.15. The van der Waals surface area contributed by atoms with Gasteiger partial charge < -0.3 is 29.6 Å². The van der Waals surface area contributed by atoms with Gasteiger partial charge in [-0.3, -0.25) is 9.59 Å². The fourth-order valence-corrected chi connectivity index (χ4v) is 2.81. The highest BCUT2D eigenvalue weighted by molar-refractivity contribution is 5.99. The first kappa shape index (κ1) is 34.6. The Morgan fingerprint density at radius 1 is 0.632 bits per heavy atom. The van der Waals surface area contributed by atoms with Crippen LogP contribution >= 0.6 is 0 Å². The fourth-order valence-electron chi connectivity index (χ4n) is 2.81. The van der Waals surface area contributed by atoms with Gasteiger partial charge in [-0.05, 0) is 80.4 Å². The van der Waals surface area contributed by atoms with Gasteiger partial charge in [-0.2, -0.15) is 0 Å². The number of carbonyl (C=O) groups excluding carboxylic acids is 6. The summed E-state index contributed by atoms with van der Waals surface area (Å²) < 4.78 is 20.2. The topological polar surface area (TPSA) is 163 Å². The molecular formula is C26H42N2O10. The molecule has 0 aliphatic carbocycles. The maximum Gasteiger partial charge on any atom is 0.408 e. The molecule has 0 aromatic heterocycles. The summed E-state index contributed by atoms with van der Waals surface area (Å²) in [4.78, 5) is 73.0. The molecule has 0 bridgehead atoms. The number of ketones is 2. The molecule has 12 heteroatoms. The molecule has 0 saturated carbocycles. The Bertz CT molecular complexity index is 798. The lowest BCUT2D eigenvalue weighted by Gasteiger charge is -2.22. The van der Waals surface area contributed by atoms with Crippen molar-refractivity contribution in [2.75, 3.05) is 13.2 Å². The maximum absolute atomic E-state index is 12.3. The van der Waals surface area contributed by atoms with Crippen LogP contribution in [-0.2, 0) is 38.1 Å². The number of amides is 2. The number of nitrogens with one attached hydrogen (secondary N) is 2. The van der Waals surface area contributed by atoms with Crippen molar-refractivity contribution in [3.63, 3.8) is 0 Å². The van der Waals surface area contributed by atoms with Crippen molar-refractivity contribution in [2.24, 2.45) is 0 Å². The van der Waals surface area contributed by atoms with Crippen molar-refractivity contribution < 1.29 is 47.7 Å². The molecule has 0 saturated heterocycles. The highest BCUT2D eigenvalue weighted by Gasteiger charge is 2.27. The molecule has 0 aromatic carbocycles. The van der Waals surface area contributed by atoms with E-state index in [1.807, 2.05) is 0 Å². The largest absolute Gasteiger partial charge is 0.464 e. The standard InChI is InChI=1S/C26H42N2O10/c1-9-35-21(31)19(27-23(33)37-25(3,4)5)15-13-17(29)11-12-18(30)14-16-20(22(32)36-10-2)28-24(34)38-26(6,7)8/h11-12,19-20H,9-10,13-16H2,1-8H3,(H,27,33)(H,28,34)/b12-11+/t19-,20-/m0/s1. The van der Waals surface area contributed by atoms with Gasteiger partial charge in [-0.15, -0.1) is 0 Å². The molecule has 12 nitrogen and oxygen atoms in total. The van der Waals surface area contributed by atoms with E-state index in [-0.39, 0.29) is 38.9 Å². The minimum atomic E-state index is -1.11. The Balaban J connectivity index is 4.98. The van der Waals surface area contributed by atoms with Crippen molar-refractivity contribution in [1.29, 1.82) is 0 Å². The van der Waals surface area contributed by atoms with Gasteiger partial charge in [0.25, 0.3) is 0 Å². The minimum Gasteiger partial charge on any atom is -0.464 e. The van der Waals surface area contributed by atoms with Crippen LogP contribution in [0.4, 0.5) is 9.59 Å². The van der Waals surface area contributed by atoms with E-state index in [9.17, 15) is 28.8 Å². The van der Waals surface area contributed by atoms with E-state index in [0.717, 1.165) is 12.2 Å². The van der Waals surface area contributed by atoms with Crippen LogP contribution in [0.3, 0.4) is 0 Å². The summed E-state index contributed by atoms with van der Waals surface area (Å²) in [5.74, 6) is -2.36. The van der Waals surface area contributed by atoms with Crippen molar-refractivity contribution >= 4 is 35.7 Å². The average Bonchev–Trinajstić information content (AvgIpc) is 2.75. The molecule has 2 amide bonds. The Kier molecular flexibility index (Phi) is 14.9. The van der Waals surface area contributed by atoms with Crippen LogP contribution in [0.5, 0.6) is 0 Å². The molecule has 0 rings (SSSR count). The van der Waals surface area contributed by atoms with Gasteiger partial charge in [0.05, 0.1) is 13.2 Å². The summed E-state index contributed by atoms with van der Waals surface area (Å²) >= 11 is 0. The van der Waals surface area contributed by atoms with Gasteiger partial charge in [0, 0.05) is 12.8 Å². The van der Waals surface area contributed by atoms with E-state index in [1.54, 1.807) is 55.4 Å². The second kappa shape index (κ2) is 16.4. The third kappa shape index (κ3) is 17.1. The average molecular weight is 543 g/mol. The summed E-state index contributed by atoms with van der Waals surface area (Å²) in [5, 5.41) is 4.79. The SMILES string of the molecule is CCOC(=O)[C@H](CCC(=O)/C=C/C(=O)CC[C@H](NC(=O)OC(C)(C)C)C(=O)OCC)NC(=O)OC(C)(C)C. The van der Waals surface area contributed by atoms with Crippen molar-refractivity contribution in [2.45, 2.75) is 104 Å². The maximum atomic E-state index is 12.3. The fraction of sp³-hybridized carbons (Fsp3) is 0.692. The van der Waals surface area contributed by atoms with Crippen LogP contribution < -0.4 is 10.6 Å². The third-order valence-electron chi connectivity index (χ3n) is 4.34. The second-order valence-electron chi connectivity index (χ2n) is 10.2. The van der Waals surface area contributed by atoms with Crippen LogP contribution in [0.2, 0.25) is 0 Å². The number of ether oxygens (including phenoxy) is 4. The zero-order valence-electron chi connectivity index (χ0n) is 23.6. The van der Waals surface area contributed by atoms with Gasteiger partial charge in [0.15, 0.2) is 11.6 Å². The molecule has 0 heterocycles. The molecule has 216 valence electrons. The number of hydrogen-bond donors (Lipinski definition) is 2. The van der Waals surface area contributed by atoms with E-state index in [0.29, 0.717) is 0 Å². The Morgan fingerprint density at radius 3 is 1.21 bits per heavy atom. The highest BCUT2D eigenvalue weighted by Crippen LogP contribution is 2.10. The van der Waals surface area contributed by atoms with Crippen molar-refractivity contribution in [1.82, 2.24) is 10.6 Å². The van der Waals surface area contributed by atoms with Crippen LogP contribution in [0.25, 0.3) is 0 Å². The van der Waals surface area contributed by atoms with E-state index < -0.39 is 59.0 Å². The zero-order valence-corrected chi connectivity index (χ0v) is 23.6. The number of hydrogen-bond acceptors (Lipinski definition) is 10. The molecule has 2 atom stereocenters. The van der Waals surface area contributed by atoms with Gasteiger partial charge >= 0.3 is 24.1 Å². The van der Waals surface area contributed by atoms with Crippen LogP contribution in [0.1, 0.15) is 81.1 Å². The van der Waals surface area contributed by atoms with E-state index in [2.05, 4.69) is 10.6 Å². The highest BCUT2D eigenvalue weighted by atomic mass is 16.6. The lowest BCUT2D eigenvalue weighted by atomic mass is 10.1. The number of esters is 2. The Labute approximate surface area is 224 Å². The predicted molar refractivity (Wildman–Crippen MR) is 137 cm³/mol. The molecule has 0 spiro atoms. The van der Waals surface area contributed by atoms with Gasteiger partial charge in [-0.25, -0.2) is 19.2 Å². The normalized spacial score (nSPS) is 13.2.